The quantitative estimate of drug-likeness (QED) is 0.843. The summed E-state index contributed by atoms with van der Waals surface area (Å²) in [5.74, 6) is 0.423. The molecule has 122 valence electrons. The molecule has 0 unspecified atom stereocenters. The zero-order valence-electron chi connectivity index (χ0n) is 13.4. The van der Waals surface area contributed by atoms with Gasteiger partial charge in [0.15, 0.2) is 0 Å². The molecule has 0 aliphatic carbocycles. The molecular weight excluding hydrogens is 308 g/mol. The maximum atomic E-state index is 12.3. The Balaban J connectivity index is 2.00. The second-order valence-corrected chi connectivity index (χ2v) is 6.86. The van der Waals surface area contributed by atoms with Crippen molar-refractivity contribution in [3.8, 4) is 0 Å². The van der Waals surface area contributed by atoms with Crippen LogP contribution in [0.5, 0.6) is 0 Å². The molecule has 5 heteroatoms. The molecule has 0 aliphatic heterocycles. The van der Waals surface area contributed by atoms with Crippen molar-refractivity contribution in [3.05, 3.63) is 60.2 Å². The predicted octanol–water partition coefficient (Wildman–Crippen LogP) is 3.91. The van der Waals surface area contributed by atoms with Gasteiger partial charge in [-0.3, -0.25) is 4.21 Å². The second-order valence-electron chi connectivity index (χ2n) is 5.41. The molecule has 4 nitrogen and oxygen atoms in total. The van der Waals surface area contributed by atoms with Gasteiger partial charge < -0.3 is 10.6 Å². The van der Waals surface area contributed by atoms with Crippen molar-refractivity contribution in [3.63, 3.8) is 0 Å². The molecule has 2 rings (SSSR count). The number of anilines is 1. The third-order valence-electron chi connectivity index (χ3n) is 3.48. The Morgan fingerprint density at radius 2 is 1.87 bits per heavy atom. The standard InChI is InChI=1S/C18H22N2O2S/c1-3-14(2)19-18(21)20-16-9-7-8-15(12-16)13-23(22)17-10-5-4-6-11-17/h4-12,14H,3,13H2,1-2H3,(H2,19,20,21)/t14-,23+/m0/s1. The summed E-state index contributed by atoms with van der Waals surface area (Å²) in [5.41, 5.74) is 1.63. The van der Waals surface area contributed by atoms with E-state index in [2.05, 4.69) is 10.6 Å². The molecule has 2 aromatic carbocycles. The molecule has 0 spiro atoms. The minimum absolute atomic E-state index is 0.128. The highest BCUT2D eigenvalue weighted by atomic mass is 32.2. The first-order valence-electron chi connectivity index (χ1n) is 7.68. The van der Waals surface area contributed by atoms with Crippen molar-refractivity contribution in [2.24, 2.45) is 0 Å². The molecule has 0 bridgehead atoms. The number of hydrogen-bond acceptors (Lipinski definition) is 2. The van der Waals surface area contributed by atoms with Crippen LogP contribution in [0, 0.1) is 0 Å². The van der Waals surface area contributed by atoms with Crippen LogP contribution >= 0.6 is 0 Å². The van der Waals surface area contributed by atoms with Crippen molar-refractivity contribution in [2.45, 2.75) is 37.0 Å². The van der Waals surface area contributed by atoms with Crippen molar-refractivity contribution in [1.82, 2.24) is 5.32 Å². The third-order valence-corrected chi connectivity index (χ3v) is 4.87. The van der Waals surface area contributed by atoms with Crippen molar-refractivity contribution in [2.75, 3.05) is 5.32 Å². The van der Waals surface area contributed by atoms with Gasteiger partial charge in [0.05, 0.1) is 16.6 Å². The maximum Gasteiger partial charge on any atom is 0.319 e. The Kier molecular flexibility index (Phi) is 6.35. The average Bonchev–Trinajstić information content (AvgIpc) is 2.55. The van der Waals surface area contributed by atoms with Crippen molar-refractivity contribution in [1.29, 1.82) is 0 Å². The Morgan fingerprint density at radius 3 is 2.57 bits per heavy atom. The zero-order valence-corrected chi connectivity index (χ0v) is 14.2. The van der Waals surface area contributed by atoms with E-state index in [0.29, 0.717) is 11.4 Å². The van der Waals surface area contributed by atoms with Gasteiger partial charge in [0, 0.05) is 16.6 Å². The van der Waals surface area contributed by atoms with Gasteiger partial charge in [-0.25, -0.2) is 4.79 Å². The molecule has 23 heavy (non-hydrogen) atoms. The van der Waals surface area contributed by atoms with Crippen LogP contribution < -0.4 is 10.6 Å². The molecule has 2 N–H and O–H groups in total. The fourth-order valence-electron chi connectivity index (χ4n) is 2.04. The summed E-state index contributed by atoms with van der Waals surface area (Å²) in [6.07, 6.45) is 0.878. The van der Waals surface area contributed by atoms with Crippen molar-refractivity contribution < 1.29 is 9.00 Å². The second kappa shape index (κ2) is 8.48. The first kappa shape index (κ1) is 17.2. The smallest absolute Gasteiger partial charge is 0.319 e. The lowest BCUT2D eigenvalue weighted by molar-refractivity contribution is 0.249. The number of carbonyl (C=O) groups excluding carboxylic acids is 1. The Morgan fingerprint density at radius 1 is 1.13 bits per heavy atom. The first-order valence-corrected chi connectivity index (χ1v) is 9.00. The number of rotatable bonds is 6. The van der Waals surface area contributed by atoms with Crippen LogP contribution in [-0.2, 0) is 16.6 Å². The lowest BCUT2D eigenvalue weighted by Crippen LogP contribution is -2.35. The maximum absolute atomic E-state index is 12.3. The minimum atomic E-state index is -1.09. The Labute approximate surface area is 139 Å². The number of benzene rings is 2. The van der Waals surface area contributed by atoms with E-state index >= 15 is 0 Å². The number of carbonyl (C=O) groups is 1. The van der Waals surface area contributed by atoms with E-state index in [-0.39, 0.29) is 12.1 Å². The van der Waals surface area contributed by atoms with Gasteiger partial charge in [-0.05, 0) is 43.2 Å². The fraction of sp³-hybridized carbons (Fsp3) is 0.278. The van der Waals surface area contributed by atoms with E-state index in [1.807, 2.05) is 68.4 Å². The normalized spacial score (nSPS) is 13.1. The van der Waals surface area contributed by atoms with Gasteiger partial charge in [0.2, 0.25) is 0 Å². The molecule has 2 amide bonds. The van der Waals surface area contributed by atoms with Gasteiger partial charge >= 0.3 is 6.03 Å². The van der Waals surface area contributed by atoms with E-state index < -0.39 is 10.8 Å². The van der Waals surface area contributed by atoms with Crippen LogP contribution in [0.3, 0.4) is 0 Å². The topological polar surface area (TPSA) is 58.2 Å². The summed E-state index contributed by atoms with van der Waals surface area (Å²) in [5, 5.41) is 5.67. The Hall–Kier alpha value is -2.14. The molecular formula is C18H22N2O2S. The molecule has 0 heterocycles. The van der Waals surface area contributed by atoms with E-state index in [4.69, 9.17) is 0 Å². The van der Waals surface area contributed by atoms with Gasteiger partial charge in [-0.2, -0.15) is 0 Å². The first-order chi connectivity index (χ1) is 11.1. The lowest BCUT2D eigenvalue weighted by atomic mass is 10.2. The summed E-state index contributed by atoms with van der Waals surface area (Å²) < 4.78 is 12.3. The van der Waals surface area contributed by atoms with Crippen LogP contribution in [0.1, 0.15) is 25.8 Å². The minimum Gasteiger partial charge on any atom is -0.335 e. The van der Waals surface area contributed by atoms with Crippen molar-refractivity contribution >= 4 is 22.5 Å². The highest BCUT2D eigenvalue weighted by molar-refractivity contribution is 7.84. The average molecular weight is 330 g/mol. The van der Waals surface area contributed by atoms with Gasteiger partial charge in [-0.15, -0.1) is 0 Å². The summed E-state index contributed by atoms with van der Waals surface area (Å²) in [6, 6.07) is 16.7. The number of urea groups is 1. The van der Waals surface area contributed by atoms with Gasteiger partial charge in [0.1, 0.15) is 0 Å². The zero-order chi connectivity index (χ0) is 16.7. The molecule has 0 aliphatic rings. The molecule has 0 saturated carbocycles. The van der Waals surface area contributed by atoms with Gasteiger partial charge in [0.25, 0.3) is 0 Å². The van der Waals surface area contributed by atoms with Crippen LogP contribution in [0.15, 0.2) is 59.5 Å². The molecule has 2 atom stereocenters. The number of nitrogens with one attached hydrogen (secondary N) is 2. The van der Waals surface area contributed by atoms with Crippen LogP contribution in [-0.4, -0.2) is 16.3 Å². The fourth-order valence-corrected chi connectivity index (χ4v) is 3.15. The molecule has 2 aromatic rings. The summed E-state index contributed by atoms with van der Waals surface area (Å²) in [4.78, 5) is 12.7. The monoisotopic (exact) mass is 330 g/mol. The number of amides is 2. The molecule has 0 aromatic heterocycles. The highest BCUT2D eigenvalue weighted by Crippen LogP contribution is 2.16. The van der Waals surface area contributed by atoms with E-state index in [9.17, 15) is 9.00 Å². The SMILES string of the molecule is CC[C@H](C)NC(=O)Nc1cccc(C[S@@](=O)c2ccccc2)c1. The summed E-state index contributed by atoms with van der Waals surface area (Å²) in [6.45, 7) is 3.98. The number of hydrogen-bond donors (Lipinski definition) is 2. The van der Waals surface area contributed by atoms with Crippen LogP contribution in [0.4, 0.5) is 10.5 Å². The highest BCUT2D eigenvalue weighted by Gasteiger charge is 2.08. The lowest BCUT2D eigenvalue weighted by Gasteiger charge is -2.13. The van der Waals surface area contributed by atoms with Crippen LogP contribution in [0.2, 0.25) is 0 Å². The Bertz CT molecular complexity index is 674. The molecule has 0 fully saturated rings. The molecule has 0 radical (unpaired) electrons. The summed E-state index contributed by atoms with van der Waals surface area (Å²) in [7, 11) is -1.09. The predicted molar refractivity (Wildman–Crippen MR) is 94.9 cm³/mol. The van der Waals surface area contributed by atoms with E-state index in [1.54, 1.807) is 0 Å². The van der Waals surface area contributed by atoms with Crippen LogP contribution in [0.25, 0.3) is 0 Å². The third kappa shape index (κ3) is 5.53. The largest absolute Gasteiger partial charge is 0.335 e. The van der Waals surface area contributed by atoms with E-state index in [1.165, 1.54) is 0 Å². The summed E-state index contributed by atoms with van der Waals surface area (Å²) >= 11 is 0. The molecule has 0 saturated heterocycles. The van der Waals surface area contributed by atoms with Gasteiger partial charge in [-0.1, -0.05) is 37.3 Å². The van der Waals surface area contributed by atoms with E-state index in [0.717, 1.165) is 16.9 Å².